The summed E-state index contributed by atoms with van der Waals surface area (Å²) in [6, 6.07) is 4.35. The Hall–Kier alpha value is -1.89. The van der Waals surface area contributed by atoms with Crippen LogP contribution in [0.1, 0.15) is 30.7 Å². The maximum absolute atomic E-state index is 4.57. The van der Waals surface area contributed by atoms with Crippen LogP contribution in [-0.2, 0) is 0 Å². The van der Waals surface area contributed by atoms with Crippen molar-refractivity contribution in [2.45, 2.75) is 25.8 Å². The zero-order valence-corrected chi connectivity index (χ0v) is 13.2. The zero-order valence-electron chi connectivity index (χ0n) is 12.3. The molecule has 3 heterocycles. The molecule has 0 amide bonds. The van der Waals surface area contributed by atoms with Gasteiger partial charge < -0.3 is 15.5 Å². The van der Waals surface area contributed by atoms with E-state index in [1.165, 1.54) is 17.7 Å². The molecule has 1 atom stereocenters. The van der Waals surface area contributed by atoms with Crippen LogP contribution in [0.5, 0.6) is 0 Å². The van der Waals surface area contributed by atoms with Crippen LogP contribution in [-0.4, -0.2) is 35.1 Å². The van der Waals surface area contributed by atoms with Crippen LogP contribution in [0.4, 0.5) is 17.8 Å². The second-order valence-electron chi connectivity index (χ2n) is 5.11. The van der Waals surface area contributed by atoms with Gasteiger partial charge in [0.1, 0.15) is 0 Å². The number of anilines is 3. The van der Waals surface area contributed by atoms with Crippen LogP contribution in [0.15, 0.2) is 17.5 Å². The summed E-state index contributed by atoms with van der Waals surface area (Å²) in [5.74, 6) is 1.98. The molecule has 112 valence electrons. The van der Waals surface area contributed by atoms with Gasteiger partial charge in [-0.1, -0.05) is 6.07 Å². The van der Waals surface area contributed by atoms with Crippen molar-refractivity contribution >= 4 is 29.2 Å². The van der Waals surface area contributed by atoms with Crippen LogP contribution >= 0.6 is 11.3 Å². The lowest BCUT2D eigenvalue weighted by molar-refractivity contribution is 0.846. The maximum Gasteiger partial charge on any atom is 0.231 e. The molecule has 7 heteroatoms. The molecule has 0 saturated carbocycles. The van der Waals surface area contributed by atoms with Gasteiger partial charge in [-0.05, 0) is 31.2 Å². The molecular weight excluding hydrogens is 284 g/mol. The summed E-state index contributed by atoms with van der Waals surface area (Å²) in [7, 11) is 1.83. The van der Waals surface area contributed by atoms with E-state index >= 15 is 0 Å². The molecule has 1 aliphatic rings. The molecule has 1 unspecified atom stereocenters. The van der Waals surface area contributed by atoms with Crippen molar-refractivity contribution in [3.63, 3.8) is 0 Å². The molecule has 3 rings (SSSR count). The minimum absolute atomic E-state index is 0.184. The number of nitrogens with one attached hydrogen (secondary N) is 2. The van der Waals surface area contributed by atoms with Crippen molar-refractivity contribution in [3.05, 3.63) is 22.4 Å². The van der Waals surface area contributed by atoms with Crippen molar-refractivity contribution in [2.24, 2.45) is 0 Å². The summed E-state index contributed by atoms with van der Waals surface area (Å²) >= 11 is 1.73. The Morgan fingerprint density at radius 3 is 2.62 bits per heavy atom. The third kappa shape index (κ3) is 3.24. The predicted octanol–water partition coefficient (Wildman–Crippen LogP) is 2.75. The minimum Gasteiger partial charge on any atom is -0.357 e. The van der Waals surface area contributed by atoms with E-state index < -0.39 is 0 Å². The first-order chi connectivity index (χ1) is 10.3. The first-order valence-electron chi connectivity index (χ1n) is 7.25. The van der Waals surface area contributed by atoms with Gasteiger partial charge in [-0.25, -0.2) is 0 Å². The van der Waals surface area contributed by atoms with Gasteiger partial charge in [0.15, 0.2) is 0 Å². The average molecular weight is 304 g/mol. The Labute approximate surface area is 128 Å². The highest BCUT2D eigenvalue weighted by Crippen LogP contribution is 2.23. The van der Waals surface area contributed by atoms with Crippen LogP contribution in [0.3, 0.4) is 0 Å². The second kappa shape index (κ2) is 6.26. The van der Waals surface area contributed by atoms with Crippen molar-refractivity contribution < 1.29 is 0 Å². The van der Waals surface area contributed by atoms with Gasteiger partial charge in [0.05, 0.1) is 6.04 Å². The minimum atomic E-state index is 0.184. The summed E-state index contributed by atoms with van der Waals surface area (Å²) in [4.78, 5) is 16.9. The fourth-order valence-electron chi connectivity index (χ4n) is 2.40. The molecule has 0 spiro atoms. The first kappa shape index (κ1) is 14.1. The summed E-state index contributed by atoms with van der Waals surface area (Å²) < 4.78 is 0. The van der Waals surface area contributed by atoms with Crippen molar-refractivity contribution in [2.75, 3.05) is 35.7 Å². The monoisotopic (exact) mass is 304 g/mol. The lowest BCUT2D eigenvalue weighted by atomic mass is 10.3. The lowest BCUT2D eigenvalue weighted by Crippen LogP contribution is -2.22. The molecule has 6 nitrogen and oxygen atoms in total. The molecule has 1 saturated heterocycles. The Kier molecular flexibility index (Phi) is 4.19. The molecule has 2 aromatic rings. The lowest BCUT2D eigenvalue weighted by Gasteiger charge is -2.18. The van der Waals surface area contributed by atoms with E-state index in [0.29, 0.717) is 11.9 Å². The van der Waals surface area contributed by atoms with Gasteiger partial charge in [0.25, 0.3) is 0 Å². The average Bonchev–Trinajstić information content (AvgIpc) is 3.19. The number of thiophene rings is 1. The van der Waals surface area contributed by atoms with E-state index in [1.807, 2.05) is 7.05 Å². The van der Waals surface area contributed by atoms with Crippen molar-refractivity contribution in [3.8, 4) is 0 Å². The summed E-state index contributed by atoms with van der Waals surface area (Å²) in [5.41, 5.74) is 0. The smallest absolute Gasteiger partial charge is 0.231 e. The highest BCUT2D eigenvalue weighted by molar-refractivity contribution is 7.10. The van der Waals surface area contributed by atoms with Crippen LogP contribution in [0.2, 0.25) is 0 Å². The molecule has 0 radical (unpaired) electrons. The fraction of sp³-hybridized carbons (Fsp3) is 0.500. The number of hydrogen-bond acceptors (Lipinski definition) is 7. The molecule has 2 aromatic heterocycles. The van der Waals surface area contributed by atoms with Gasteiger partial charge in [-0.2, -0.15) is 15.0 Å². The van der Waals surface area contributed by atoms with E-state index in [4.69, 9.17) is 0 Å². The third-order valence-electron chi connectivity index (χ3n) is 3.55. The Morgan fingerprint density at radius 1 is 1.19 bits per heavy atom. The topological polar surface area (TPSA) is 66.0 Å². The number of hydrogen-bond donors (Lipinski definition) is 2. The SMILES string of the molecule is CNc1nc(NC(C)c2cccs2)nc(N2CCCC2)n1. The molecule has 1 aliphatic heterocycles. The largest absolute Gasteiger partial charge is 0.357 e. The normalized spacial score (nSPS) is 16.0. The van der Waals surface area contributed by atoms with Crippen LogP contribution in [0.25, 0.3) is 0 Å². The number of nitrogens with zero attached hydrogens (tertiary/aromatic N) is 4. The predicted molar refractivity (Wildman–Crippen MR) is 87.2 cm³/mol. The highest BCUT2D eigenvalue weighted by Gasteiger charge is 2.18. The van der Waals surface area contributed by atoms with Crippen LogP contribution < -0.4 is 15.5 Å². The summed E-state index contributed by atoms with van der Waals surface area (Å²) in [5, 5.41) is 8.46. The van der Waals surface area contributed by atoms with E-state index in [9.17, 15) is 0 Å². The molecular formula is C14H20N6S. The molecule has 21 heavy (non-hydrogen) atoms. The van der Waals surface area contributed by atoms with E-state index in [0.717, 1.165) is 19.0 Å². The van der Waals surface area contributed by atoms with E-state index in [2.05, 4.69) is 54.9 Å². The van der Waals surface area contributed by atoms with Gasteiger partial charge in [0, 0.05) is 25.0 Å². The molecule has 0 bridgehead atoms. The summed E-state index contributed by atoms with van der Waals surface area (Å²) in [6.45, 7) is 4.16. The van der Waals surface area contributed by atoms with E-state index in [1.54, 1.807) is 11.3 Å². The Morgan fingerprint density at radius 2 is 1.95 bits per heavy atom. The van der Waals surface area contributed by atoms with Gasteiger partial charge >= 0.3 is 0 Å². The number of rotatable bonds is 5. The summed E-state index contributed by atoms with van der Waals surface area (Å²) in [6.07, 6.45) is 2.41. The quantitative estimate of drug-likeness (QED) is 0.885. The Bertz CT molecular complexity index is 579. The van der Waals surface area contributed by atoms with Crippen LogP contribution in [0, 0.1) is 0 Å². The van der Waals surface area contributed by atoms with Gasteiger partial charge in [-0.3, -0.25) is 0 Å². The highest BCUT2D eigenvalue weighted by atomic mass is 32.1. The third-order valence-corrected chi connectivity index (χ3v) is 4.61. The maximum atomic E-state index is 4.57. The first-order valence-corrected chi connectivity index (χ1v) is 8.13. The van der Waals surface area contributed by atoms with Gasteiger partial charge in [-0.15, -0.1) is 11.3 Å². The van der Waals surface area contributed by atoms with Crippen molar-refractivity contribution in [1.29, 1.82) is 0 Å². The standard InChI is InChI=1S/C14H20N6S/c1-10(11-6-5-9-21-11)16-13-17-12(15-2)18-14(19-13)20-7-3-4-8-20/h5-6,9-10H,3-4,7-8H2,1-2H3,(H2,15,16,17,18,19). The molecule has 0 aromatic carbocycles. The van der Waals surface area contributed by atoms with Gasteiger partial charge in [0.2, 0.25) is 17.8 Å². The zero-order chi connectivity index (χ0) is 14.7. The van der Waals surface area contributed by atoms with Crippen molar-refractivity contribution in [1.82, 2.24) is 15.0 Å². The molecule has 2 N–H and O–H groups in total. The molecule has 1 fully saturated rings. The Balaban J connectivity index is 1.81. The second-order valence-corrected chi connectivity index (χ2v) is 6.09. The van der Waals surface area contributed by atoms with E-state index in [-0.39, 0.29) is 6.04 Å². The number of aromatic nitrogens is 3. The fourth-order valence-corrected chi connectivity index (χ4v) is 3.14. The molecule has 0 aliphatic carbocycles.